The van der Waals surface area contributed by atoms with Gasteiger partial charge in [-0.05, 0) is 36.6 Å². The monoisotopic (exact) mass is 228 g/mol. The molecule has 0 radical (unpaired) electrons. The van der Waals surface area contributed by atoms with Gasteiger partial charge in [-0.15, -0.1) is 0 Å². The van der Waals surface area contributed by atoms with Gasteiger partial charge in [0.25, 0.3) is 5.91 Å². The Bertz CT molecular complexity index is 472. The number of anilines is 2. The third-order valence-corrected chi connectivity index (χ3v) is 2.70. The molecule has 88 valence electrons. The van der Waals surface area contributed by atoms with Crippen molar-refractivity contribution in [3.05, 3.63) is 48.1 Å². The summed E-state index contributed by atoms with van der Waals surface area (Å²) >= 11 is 0. The molecular formula is C14H16N2O. The van der Waals surface area contributed by atoms with E-state index in [0.717, 1.165) is 17.7 Å². The summed E-state index contributed by atoms with van der Waals surface area (Å²) < 4.78 is 0. The number of nitrogens with two attached hydrogens (primary N) is 1. The fraction of sp³-hybridized carbons (Fsp3) is 0.214. The van der Waals surface area contributed by atoms with Crippen LogP contribution in [0.4, 0.5) is 11.4 Å². The van der Waals surface area contributed by atoms with Crippen LogP contribution >= 0.6 is 0 Å². The van der Waals surface area contributed by atoms with Gasteiger partial charge in [0, 0.05) is 16.9 Å². The first-order valence-corrected chi connectivity index (χ1v) is 5.70. The lowest BCUT2D eigenvalue weighted by Gasteiger charge is -2.12. The smallest absolute Gasteiger partial charge is 0.255 e. The van der Waals surface area contributed by atoms with Crippen LogP contribution in [0, 0.1) is 5.92 Å². The largest absolute Gasteiger partial charge is 0.399 e. The Kier molecular flexibility index (Phi) is 3.28. The number of benzene rings is 1. The van der Waals surface area contributed by atoms with Crippen molar-refractivity contribution < 1.29 is 4.79 Å². The van der Waals surface area contributed by atoms with Gasteiger partial charge in [0.2, 0.25) is 0 Å². The van der Waals surface area contributed by atoms with Crippen molar-refractivity contribution in [2.75, 3.05) is 11.1 Å². The number of nitrogen functional groups attached to an aromatic ring is 1. The summed E-state index contributed by atoms with van der Waals surface area (Å²) in [5.41, 5.74) is 7.76. The van der Waals surface area contributed by atoms with Gasteiger partial charge in [-0.2, -0.15) is 0 Å². The van der Waals surface area contributed by atoms with E-state index in [4.69, 9.17) is 5.73 Å². The zero-order valence-corrected chi connectivity index (χ0v) is 9.81. The van der Waals surface area contributed by atoms with Crippen molar-refractivity contribution in [2.45, 2.75) is 13.3 Å². The summed E-state index contributed by atoms with van der Waals surface area (Å²) in [6.07, 6.45) is 6.89. The van der Waals surface area contributed by atoms with Crippen LogP contribution in [0.1, 0.15) is 13.3 Å². The predicted molar refractivity (Wildman–Crippen MR) is 70.5 cm³/mol. The maximum Gasteiger partial charge on any atom is 0.255 e. The standard InChI is InChI=1S/C14H16N2O/c1-10-3-2-4-11(9-10)14(17)16-13-7-5-12(15)6-8-13/h2,4-10H,3,15H2,1H3,(H,16,17). The van der Waals surface area contributed by atoms with Crippen molar-refractivity contribution in [3.8, 4) is 0 Å². The van der Waals surface area contributed by atoms with E-state index in [1.54, 1.807) is 24.3 Å². The van der Waals surface area contributed by atoms with E-state index in [-0.39, 0.29) is 5.91 Å². The van der Waals surface area contributed by atoms with Crippen LogP contribution in [0.3, 0.4) is 0 Å². The van der Waals surface area contributed by atoms with Crippen molar-refractivity contribution in [2.24, 2.45) is 5.92 Å². The Morgan fingerprint density at radius 1 is 1.35 bits per heavy atom. The minimum absolute atomic E-state index is 0.0717. The molecule has 3 nitrogen and oxygen atoms in total. The third kappa shape index (κ3) is 2.97. The maximum absolute atomic E-state index is 11.9. The number of allylic oxidation sites excluding steroid dienone is 2. The highest BCUT2D eigenvalue weighted by atomic mass is 16.1. The van der Waals surface area contributed by atoms with Gasteiger partial charge < -0.3 is 11.1 Å². The number of carbonyl (C=O) groups excluding carboxylic acids is 1. The molecule has 2 rings (SSSR count). The average Bonchev–Trinajstić information content (AvgIpc) is 2.32. The molecular weight excluding hydrogens is 212 g/mol. The van der Waals surface area contributed by atoms with E-state index in [1.165, 1.54) is 0 Å². The molecule has 1 aliphatic rings. The molecule has 1 aromatic carbocycles. The Morgan fingerprint density at radius 2 is 2.06 bits per heavy atom. The fourth-order valence-corrected chi connectivity index (χ4v) is 1.76. The van der Waals surface area contributed by atoms with Gasteiger partial charge in [-0.25, -0.2) is 0 Å². The van der Waals surface area contributed by atoms with E-state index >= 15 is 0 Å². The molecule has 0 aliphatic heterocycles. The van der Waals surface area contributed by atoms with Crippen molar-refractivity contribution in [1.82, 2.24) is 0 Å². The molecule has 3 heteroatoms. The molecule has 3 N–H and O–H groups in total. The summed E-state index contributed by atoms with van der Waals surface area (Å²) in [4.78, 5) is 11.9. The highest BCUT2D eigenvalue weighted by Gasteiger charge is 2.11. The topological polar surface area (TPSA) is 55.1 Å². The van der Waals surface area contributed by atoms with Crippen LogP contribution in [0.2, 0.25) is 0 Å². The lowest BCUT2D eigenvalue weighted by Crippen LogP contribution is -2.15. The number of hydrogen-bond acceptors (Lipinski definition) is 2. The number of nitrogens with one attached hydrogen (secondary N) is 1. The molecule has 1 aliphatic carbocycles. The number of carbonyl (C=O) groups is 1. The minimum atomic E-state index is -0.0717. The van der Waals surface area contributed by atoms with Crippen LogP contribution < -0.4 is 11.1 Å². The molecule has 0 heterocycles. The summed E-state index contributed by atoms with van der Waals surface area (Å²) in [6, 6.07) is 7.13. The summed E-state index contributed by atoms with van der Waals surface area (Å²) in [5.74, 6) is 0.352. The van der Waals surface area contributed by atoms with E-state index in [2.05, 4.69) is 12.2 Å². The van der Waals surface area contributed by atoms with E-state index in [0.29, 0.717) is 11.6 Å². The van der Waals surface area contributed by atoms with Gasteiger partial charge in [0.15, 0.2) is 0 Å². The van der Waals surface area contributed by atoms with E-state index in [1.807, 2.05) is 18.2 Å². The van der Waals surface area contributed by atoms with Crippen LogP contribution in [0.5, 0.6) is 0 Å². The maximum atomic E-state index is 11.9. The van der Waals surface area contributed by atoms with Gasteiger partial charge in [-0.3, -0.25) is 4.79 Å². The van der Waals surface area contributed by atoms with E-state index in [9.17, 15) is 4.79 Å². The van der Waals surface area contributed by atoms with Crippen molar-refractivity contribution >= 4 is 17.3 Å². The molecule has 0 bridgehead atoms. The normalized spacial score (nSPS) is 18.6. The van der Waals surface area contributed by atoms with Crippen molar-refractivity contribution in [3.63, 3.8) is 0 Å². The summed E-state index contributed by atoms with van der Waals surface area (Å²) in [6.45, 7) is 2.10. The number of hydrogen-bond donors (Lipinski definition) is 2. The summed E-state index contributed by atoms with van der Waals surface area (Å²) in [5, 5.41) is 2.85. The first-order valence-electron chi connectivity index (χ1n) is 5.70. The fourth-order valence-electron chi connectivity index (χ4n) is 1.76. The summed E-state index contributed by atoms with van der Waals surface area (Å²) in [7, 11) is 0. The molecule has 0 spiro atoms. The third-order valence-electron chi connectivity index (χ3n) is 2.70. The Labute approximate surface area is 101 Å². The first kappa shape index (κ1) is 11.5. The SMILES string of the molecule is CC1C=C(C(=O)Nc2ccc(N)cc2)C=CC1. The molecule has 0 saturated carbocycles. The highest BCUT2D eigenvalue weighted by Crippen LogP contribution is 2.18. The zero-order chi connectivity index (χ0) is 12.3. The Hall–Kier alpha value is -2.03. The number of rotatable bonds is 2. The second kappa shape index (κ2) is 4.87. The van der Waals surface area contributed by atoms with E-state index < -0.39 is 0 Å². The Balaban J connectivity index is 2.07. The molecule has 1 aromatic rings. The molecule has 1 amide bonds. The number of amides is 1. The van der Waals surface area contributed by atoms with Crippen LogP contribution in [-0.4, -0.2) is 5.91 Å². The Morgan fingerprint density at radius 3 is 2.71 bits per heavy atom. The quantitative estimate of drug-likeness (QED) is 0.765. The second-order valence-electron chi connectivity index (χ2n) is 4.31. The van der Waals surface area contributed by atoms with Crippen LogP contribution in [0.15, 0.2) is 48.1 Å². The van der Waals surface area contributed by atoms with Gasteiger partial charge >= 0.3 is 0 Å². The minimum Gasteiger partial charge on any atom is -0.399 e. The lowest BCUT2D eigenvalue weighted by molar-refractivity contribution is -0.112. The highest BCUT2D eigenvalue weighted by molar-refractivity contribution is 6.05. The van der Waals surface area contributed by atoms with Gasteiger partial charge in [0.1, 0.15) is 0 Å². The lowest BCUT2D eigenvalue weighted by atomic mass is 9.97. The van der Waals surface area contributed by atoms with Crippen LogP contribution in [0.25, 0.3) is 0 Å². The molecule has 17 heavy (non-hydrogen) atoms. The second-order valence-corrected chi connectivity index (χ2v) is 4.31. The molecule has 1 atom stereocenters. The van der Waals surface area contributed by atoms with Crippen LogP contribution in [-0.2, 0) is 4.79 Å². The van der Waals surface area contributed by atoms with Crippen molar-refractivity contribution in [1.29, 1.82) is 0 Å². The first-order chi connectivity index (χ1) is 8.15. The molecule has 1 unspecified atom stereocenters. The molecule has 0 aromatic heterocycles. The van der Waals surface area contributed by atoms with Gasteiger partial charge in [-0.1, -0.05) is 25.2 Å². The zero-order valence-electron chi connectivity index (χ0n) is 9.81. The molecule has 0 fully saturated rings. The molecule has 0 saturated heterocycles. The average molecular weight is 228 g/mol. The predicted octanol–water partition coefficient (Wildman–Crippen LogP) is 2.73. The van der Waals surface area contributed by atoms with Gasteiger partial charge in [0.05, 0.1) is 0 Å².